The second kappa shape index (κ2) is 9.01. The summed E-state index contributed by atoms with van der Waals surface area (Å²) in [6, 6.07) is 11.2. The summed E-state index contributed by atoms with van der Waals surface area (Å²) in [7, 11) is 1.64. The standard InChI is InChI=1S/C20H23NO5/c1-13-7-17(8-14(2)19(13)26-12-18(22)23)20(24)21-10-15-5-4-6-16(9-15)11-25-3/h4-9H,10-12H2,1-3H3,(H,21,24)(H,22,23). The van der Waals surface area contributed by atoms with Crippen LogP contribution in [0.2, 0.25) is 0 Å². The zero-order valence-electron chi connectivity index (χ0n) is 15.2. The summed E-state index contributed by atoms with van der Waals surface area (Å²) in [6.45, 7) is 4.10. The maximum atomic E-state index is 12.4. The number of rotatable bonds is 8. The molecule has 0 aliphatic heterocycles. The Kier molecular flexibility index (Phi) is 6.74. The molecule has 0 spiro atoms. The lowest BCUT2D eigenvalue weighted by Crippen LogP contribution is -2.23. The van der Waals surface area contributed by atoms with Crippen LogP contribution in [-0.2, 0) is 22.7 Å². The van der Waals surface area contributed by atoms with Crippen molar-refractivity contribution in [3.8, 4) is 5.75 Å². The highest BCUT2D eigenvalue weighted by Crippen LogP contribution is 2.25. The summed E-state index contributed by atoms with van der Waals surface area (Å²) in [5.41, 5.74) is 3.99. The van der Waals surface area contributed by atoms with Crippen molar-refractivity contribution in [2.75, 3.05) is 13.7 Å². The Labute approximate surface area is 152 Å². The molecule has 0 aromatic heterocycles. The van der Waals surface area contributed by atoms with Crippen molar-refractivity contribution < 1.29 is 24.2 Å². The molecule has 0 aliphatic rings. The van der Waals surface area contributed by atoms with Crippen molar-refractivity contribution in [1.29, 1.82) is 0 Å². The molecule has 0 radical (unpaired) electrons. The molecule has 0 bridgehead atoms. The fourth-order valence-corrected chi connectivity index (χ4v) is 2.72. The molecule has 0 aliphatic carbocycles. The molecule has 0 saturated heterocycles. The van der Waals surface area contributed by atoms with Gasteiger partial charge in [0, 0.05) is 19.2 Å². The molecule has 0 fully saturated rings. The Balaban J connectivity index is 2.05. The fourth-order valence-electron chi connectivity index (χ4n) is 2.72. The maximum Gasteiger partial charge on any atom is 0.341 e. The van der Waals surface area contributed by atoms with Crippen molar-refractivity contribution in [1.82, 2.24) is 5.32 Å². The predicted octanol–water partition coefficient (Wildman–Crippen LogP) is 2.84. The van der Waals surface area contributed by atoms with Crippen LogP contribution >= 0.6 is 0 Å². The number of ether oxygens (including phenoxy) is 2. The molecule has 1 amide bonds. The van der Waals surface area contributed by atoms with Crippen LogP contribution in [0.3, 0.4) is 0 Å². The molecule has 2 aromatic carbocycles. The van der Waals surface area contributed by atoms with E-state index in [2.05, 4.69) is 5.32 Å². The van der Waals surface area contributed by atoms with Crippen LogP contribution < -0.4 is 10.1 Å². The van der Waals surface area contributed by atoms with Gasteiger partial charge in [-0.2, -0.15) is 0 Å². The number of hydrogen-bond donors (Lipinski definition) is 2. The average Bonchev–Trinajstić information content (AvgIpc) is 2.59. The minimum atomic E-state index is -1.04. The van der Waals surface area contributed by atoms with Gasteiger partial charge in [0.25, 0.3) is 5.91 Å². The molecule has 2 N–H and O–H groups in total. The van der Waals surface area contributed by atoms with E-state index in [1.807, 2.05) is 24.3 Å². The first-order valence-corrected chi connectivity index (χ1v) is 8.21. The summed E-state index contributed by atoms with van der Waals surface area (Å²) < 4.78 is 10.4. The maximum absolute atomic E-state index is 12.4. The van der Waals surface area contributed by atoms with Crippen molar-refractivity contribution in [3.05, 3.63) is 64.2 Å². The van der Waals surface area contributed by atoms with Crippen LogP contribution in [0, 0.1) is 13.8 Å². The molecule has 0 saturated carbocycles. The van der Waals surface area contributed by atoms with Crippen LogP contribution in [-0.4, -0.2) is 30.7 Å². The molecule has 0 heterocycles. The highest BCUT2D eigenvalue weighted by atomic mass is 16.5. The van der Waals surface area contributed by atoms with E-state index < -0.39 is 12.6 Å². The molecule has 26 heavy (non-hydrogen) atoms. The van der Waals surface area contributed by atoms with Gasteiger partial charge in [0.2, 0.25) is 0 Å². The van der Waals surface area contributed by atoms with Gasteiger partial charge in [-0.05, 0) is 48.2 Å². The lowest BCUT2D eigenvalue weighted by molar-refractivity contribution is -0.139. The van der Waals surface area contributed by atoms with Crippen molar-refractivity contribution in [2.45, 2.75) is 27.0 Å². The second-order valence-corrected chi connectivity index (χ2v) is 6.06. The highest BCUT2D eigenvalue weighted by Gasteiger charge is 2.13. The average molecular weight is 357 g/mol. The van der Waals surface area contributed by atoms with Gasteiger partial charge in [-0.3, -0.25) is 4.79 Å². The third kappa shape index (κ3) is 5.32. The molecule has 6 nitrogen and oxygen atoms in total. The number of benzene rings is 2. The van der Waals surface area contributed by atoms with E-state index in [0.29, 0.717) is 24.5 Å². The van der Waals surface area contributed by atoms with E-state index in [-0.39, 0.29) is 5.91 Å². The Hall–Kier alpha value is -2.86. The summed E-state index contributed by atoms with van der Waals surface area (Å²) in [4.78, 5) is 23.1. The lowest BCUT2D eigenvalue weighted by atomic mass is 10.0. The van der Waals surface area contributed by atoms with Gasteiger partial charge in [-0.1, -0.05) is 24.3 Å². The zero-order chi connectivity index (χ0) is 19.1. The van der Waals surface area contributed by atoms with Crippen LogP contribution in [0.25, 0.3) is 0 Å². The van der Waals surface area contributed by atoms with Gasteiger partial charge in [0.1, 0.15) is 5.75 Å². The number of carbonyl (C=O) groups excluding carboxylic acids is 1. The summed E-state index contributed by atoms with van der Waals surface area (Å²) in [5.74, 6) is -0.740. The number of aliphatic carboxylic acids is 1. The van der Waals surface area contributed by atoms with Crippen LogP contribution in [0.4, 0.5) is 0 Å². The minimum absolute atomic E-state index is 0.196. The van der Waals surface area contributed by atoms with E-state index in [1.54, 1.807) is 33.1 Å². The second-order valence-electron chi connectivity index (χ2n) is 6.06. The molecule has 0 unspecified atom stereocenters. The van der Waals surface area contributed by atoms with Crippen molar-refractivity contribution in [2.24, 2.45) is 0 Å². The van der Waals surface area contributed by atoms with Gasteiger partial charge in [0.15, 0.2) is 6.61 Å². The Bertz CT molecular complexity index is 778. The molecule has 6 heteroatoms. The number of nitrogens with one attached hydrogen (secondary N) is 1. The molecule has 2 aromatic rings. The van der Waals surface area contributed by atoms with Crippen LogP contribution in [0.15, 0.2) is 36.4 Å². The quantitative estimate of drug-likeness (QED) is 0.759. The third-order valence-electron chi connectivity index (χ3n) is 3.82. The van der Waals surface area contributed by atoms with E-state index in [9.17, 15) is 9.59 Å². The van der Waals surface area contributed by atoms with Crippen LogP contribution in [0.5, 0.6) is 5.75 Å². The number of hydrogen-bond acceptors (Lipinski definition) is 4. The Morgan fingerprint density at radius 3 is 2.35 bits per heavy atom. The molecule has 0 atom stereocenters. The number of carboxylic acid groups (broad SMARTS) is 1. The normalized spacial score (nSPS) is 10.4. The van der Waals surface area contributed by atoms with Crippen molar-refractivity contribution in [3.63, 3.8) is 0 Å². The van der Waals surface area contributed by atoms with Gasteiger partial charge in [-0.15, -0.1) is 0 Å². The number of carboxylic acids is 1. The van der Waals surface area contributed by atoms with E-state index in [4.69, 9.17) is 14.6 Å². The first-order chi connectivity index (χ1) is 12.4. The van der Waals surface area contributed by atoms with Gasteiger partial charge in [0.05, 0.1) is 6.61 Å². The van der Waals surface area contributed by atoms with Gasteiger partial charge >= 0.3 is 5.97 Å². The zero-order valence-corrected chi connectivity index (χ0v) is 15.2. The smallest absolute Gasteiger partial charge is 0.341 e. The first kappa shape index (κ1) is 19.5. The fraction of sp³-hybridized carbons (Fsp3) is 0.300. The van der Waals surface area contributed by atoms with Crippen molar-refractivity contribution >= 4 is 11.9 Å². The number of amides is 1. The molecular weight excluding hydrogens is 334 g/mol. The molecule has 2 rings (SSSR count). The monoisotopic (exact) mass is 357 g/mol. The Morgan fingerprint density at radius 1 is 1.08 bits per heavy atom. The van der Waals surface area contributed by atoms with E-state index in [0.717, 1.165) is 22.3 Å². The Morgan fingerprint density at radius 2 is 1.73 bits per heavy atom. The third-order valence-corrected chi connectivity index (χ3v) is 3.82. The summed E-state index contributed by atoms with van der Waals surface area (Å²) in [6.07, 6.45) is 0. The highest BCUT2D eigenvalue weighted by molar-refractivity contribution is 5.94. The largest absolute Gasteiger partial charge is 0.481 e. The number of carbonyl (C=O) groups is 2. The molecular formula is C20H23NO5. The summed E-state index contributed by atoms with van der Waals surface area (Å²) in [5, 5.41) is 11.6. The SMILES string of the molecule is COCc1cccc(CNC(=O)c2cc(C)c(OCC(=O)O)c(C)c2)c1. The number of methoxy groups -OCH3 is 1. The topological polar surface area (TPSA) is 84.9 Å². The van der Waals surface area contributed by atoms with Gasteiger partial charge in [-0.25, -0.2) is 4.79 Å². The van der Waals surface area contributed by atoms with E-state index in [1.165, 1.54) is 0 Å². The number of aryl methyl sites for hydroxylation is 2. The summed E-state index contributed by atoms with van der Waals surface area (Å²) >= 11 is 0. The predicted molar refractivity (Wildman–Crippen MR) is 97.4 cm³/mol. The first-order valence-electron chi connectivity index (χ1n) is 8.21. The molecule has 138 valence electrons. The van der Waals surface area contributed by atoms with Gasteiger partial charge < -0.3 is 19.9 Å². The minimum Gasteiger partial charge on any atom is -0.481 e. The lowest BCUT2D eigenvalue weighted by Gasteiger charge is -2.13. The van der Waals surface area contributed by atoms with Crippen LogP contribution in [0.1, 0.15) is 32.6 Å². The van der Waals surface area contributed by atoms with E-state index >= 15 is 0 Å².